The zero-order valence-corrected chi connectivity index (χ0v) is 9.26. The van der Waals surface area contributed by atoms with Gasteiger partial charge in [-0.25, -0.2) is 0 Å². The SMILES string of the molecule is FC(F)(F)c1cc(NCCS)ccc1Cl. The average Bonchev–Trinajstić information content (AvgIpc) is 2.15. The molecule has 1 nitrogen and oxygen atoms in total. The van der Waals surface area contributed by atoms with Crippen LogP contribution in [-0.2, 0) is 6.18 Å². The fourth-order valence-electron chi connectivity index (χ4n) is 1.05. The lowest BCUT2D eigenvalue weighted by Gasteiger charge is -2.11. The van der Waals surface area contributed by atoms with E-state index in [1.54, 1.807) is 0 Å². The maximum Gasteiger partial charge on any atom is 0.417 e. The maximum atomic E-state index is 12.4. The van der Waals surface area contributed by atoms with Gasteiger partial charge in [-0.3, -0.25) is 0 Å². The number of alkyl halides is 3. The smallest absolute Gasteiger partial charge is 0.384 e. The molecule has 0 saturated heterocycles. The van der Waals surface area contributed by atoms with E-state index >= 15 is 0 Å². The highest BCUT2D eigenvalue weighted by atomic mass is 35.5. The van der Waals surface area contributed by atoms with Crippen LogP contribution in [0.3, 0.4) is 0 Å². The first-order valence-corrected chi connectivity index (χ1v) is 5.17. The van der Waals surface area contributed by atoms with Gasteiger partial charge >= 0.3 is 6.18 Å². The van der Waals surface area contributed by atoms with E-state index in [2.05, 4.69) is 17.9 Å². The van der Waals surface area contributed by atoms with Crippen LogP contribution in [0.5, 0.6) is 0 Å². The van der Waals surface area contributed by atoms with Crippen LogP contribution in [0.1, 0.15) is 5.56 Å². The third-order valence-corrected chi connectivity index (χ3v) is 2.27. The Kier molecular flexibility index (Phi) is 4.16. The fraction of sp³-hybridized carbons (Fsp3) is 0.333. The lowest BCUT2D eigenvalue weighted by atomic mass is 10.2. The average molecular weight is 256 g/mol. The van der Waals surface area contributed by atoms with Crippen molar-refractivity contribution in [1.29, 1.82) is 0 Å². The van der Waals surface area contributed by atoms with Gasteiger partial charge in [0.15, 0.2) is 0 Å². The Labute approximate surface area is 96.0 Å². The van der Waals surface area contributed by atoms with E-state index in [-0.39, 0.29) is 5.02 Å². The number of benzene rings is 1. The Bertz CT molecular complexity index is 341. The van der Waals surface area contributed by atoms with Crippen molar-refractivity contribution in [2.75, 3.05) is 17.6 Å². The molecule has 0 atom stereocenters. The minimum Gasteiger partial charge on any atom is -0.384 e. The standard InChI is InChI=1S/C9H9ClF3NS/c10-8-2-1-6(14-3-4-15)5-7(8)9(11,12)13/h1-2,5,14-15H,3-4H2. The Hall–Kier alpha value is -0.550. The minimum atomic E-state index is -4.42. The van der Waals surface area contributed by atoms with E-state index in [1.807, 2.05) is 0 Å². The van der Waals surface area contributed by atoms with Gasteiger partial charge in [-0.2, -0.15) is 25.8 Å². The molecule has 6 heteroatoms. The highest BCUT2D eigenvalue weighted by Gasteiger charge is 2.33. The van der Waals surface area contributed by atoms with Crippen molar-refractivity contribution < 1.29 is 13.2 Å². The second kappa shape index (κ2) is 4.99. The fourth-order valence-corrected chi connectivity index (χ4v) is 1.39. The van der Waals surface area contributed by atoms with E-state index in [0.717, 1.165) is 6.07 Å². The predicted molar refractivity (Wildman–Crippen MR) is 58.8 cm³/mol. The molecular formula is C9H9ClF3NS. The molecular weight excluding hydrogens is 247 g/mol. The van der Waals surface area contributed by atoms with Crippen LogP contribution in [-0.4, -0.2) is 12.3 Å². The Morgan fingerprint density at radius 1 is 1.33 bits per heavy atom. The largest absolute Gasteiger partial charge is 0.417 e. The zero-order chi connectivity index (χ0) is 11.5. The third-order valence-electron chi connectivity index (χ3n) is 1.71. The zero-order valence-electron chi connectivity index (χ0n) is 7.61. The second-order valence-electron chi connectivity index (χ2n) is 2.84. The first kappa shape index (κ1) is 12.5. The van der Waals surface area contributed by atoms with Crippen molar-refractivity contribution in [2.24, 2.45) is 0 Å². The summed E-state index contributed by atoms with van der Waals surface area (Å²) in [5, 5.41) is 2.51. The van der Waals surface area contributed by atoms with Crippen LogP contribution in [0, 0.1) is 0 Å². The summed E-state index contributed by atoms with van der Waals surface area (Å²) in [4.78, 5) is 0. The second-order valence-corrected chi connectivity index (χ2v) is 3.70. The quantitative estimate of drug-likeness (QED) is 0.785. The van der Waals surface area contributed by atoms with Gasteiger partial charge in [0.1, 0.15) is 0 Å². The van der Waals surface area contributed by atoms with E-state index in [1.165, 1.54) is 12.1 Å². The van der Waals surface area contributed by atoms with Gasteiger partial charge in [0.25, 0.3) is 0 Å². The molecule has 0 aromatic heterocycles. The molecule has 1 aromatic carbocycles. The molecule has 0 heterocycles. The van der Waals surface area contributed by atoms with E-state index in [4.69, 9.17) is 11.6 Å². The molecule has 1 N–H and O–H groups in total. The van der Waals surface area contributed by atoms with Gasteiger partial charge in [-0.15, -0.1) is 0 Å². The number of halogens is 4. The predicted octanol–water partition coefficient (Wildman–Crippen LogP) is 3.70. The topological polar surface area (TPSA) is 12.0 Å². The van der Waals surface area contributed by atoms with Crippen LogP contribution in [0.4, 0.5) is 18.9 Å². The maximum absolute atomic E-state index is 12.4. The molecule has 0 saturated carbocycles. The molecule has 0 unspecified atom stereocenters. The molecule has 0 spiro atoms. The van der Waals surface area contributed by atoms with E-state index < -0.39 is 11.7 Å². The number of anilines is 1. The van der Waals surface area contributed by atoms with Gasteiger partial charge in [-0.05, 0) is 18.2 Å². The van der Waals surface area contributed by atoms with E-state index in [9.17, 15) is 13.2 Å². The van der Waals surface area contributed by atoms with Crippen molar-refractivity contribution >= 4 is 29.9 Å². The summed E-state index contributed by atoms with van der Waals surface area (Å²) in [6.45, 7) is 0.502. The summed E-state index contributed by atoms with van der Waals surface area (Å²) < 4.78 is 37.3. The van der Waals surface area contributed by atoms with Crippen LogP contribution in [0.2, 0.25) is 5.02 Å². The number of rotatable bonds is 3. The summed E-state index contributed by atoms with van der Waals surface area (Å²) in [6, 6.07) is 3.72. The molecule has 1 aromatic rings. The van der Waals surface area contributed by atoms with Crippen LogP contribution < -0.4 is 5.32 Å². The number of nitrogens with one attached hydrogen (secondary N) is 1. The number of thiol groups is 1. The Morgan fingerprint density at radius 2 is 2.00 bits per heavy atom. The summed E-state index contributed by atoms with van der Waals surface area (Å²) in [7, 11) is 0. The van der Waals surface area contributed by atoms with Gasteiger partial charge < -0.3 is 5.32 Å². The molecule has 1 rings (SSSR count). The highest BCUT2D eigenvalue weighted by molar-refractivity contribution is 7.80. The molecule has 0 aliphatic carbocycles. The normalized spacial score (nSPS) is 11.5. The molecule has 0 radical (unpaired) electrons. The molecule has 0 amide bonds. The van der Waals surface area contributed by atoms with Crippen molar-refractivity contribution in [3.63, 3.8) is 0 Å². The summed E-state index contributed by atoms with van der Waals surface area (Å²) in [5.74, 6) is 0.546. The summed E-state index contributed by atoms with van der Waals surface area (Å²) in [6.07, 6.45) is -4.42. The minimum absolute atomic E-state index is 0.293. The van der Waals surface area contributed by atoms with Crippen molar-refractivity contribution in [2.45, 2.75) is 6.18 Å². The molecule has 0 aliphatic heterocycles. The van der Waals surface area contributed by atoms with E-state index in [0.29, 0.717) is 18.0 Å². The van der Waals surface area contributed by atoms with Crippen molar-refractivity contribution in [1.82, 2.24) is 0 Å². The highest BCUT2D eigenvalue weighted by Crippen LogP contribution is 2.36. The molecule has 84 valence electrons. The lowest BCUT2D eigenvalue weighted by molar-refractivity contribution is -0.137. The number of hydrogen-bond donors (Lipinski definition) is 2. The molecule has 0 bridgehead atoms. The molecule has 0 fully saturated rings. The molecule has 0 aliphatic rings. The van der Waals surface area contributed by atoms with Crippen LogP contribution in [0.15, 0.2) is 18.2 Å². The monoisotopic (exact) mass is 255 g/mol. The Balaban J connectivity index is 2.95. The van der Waals surface area contributed by atoms with Crippen molar-refractivity contribution in [3.8, 4) is 0 Å². The van der Waals surface area contributed by atoms with Gasteiger partial charge in [-0.1, -0.05) is 11.6 Å². The van der Waals surface area contributed by atoms with Gasteiger partial charge in [0.05, 0.1) is 10.6 Å². The third kappa shape index (κ3) is 3.50. The summed E-state index contributed by atoms with van der Waals surface area (Å²) >= 11 is 9.40. The first-order valence-electron chi connectivity index (χ1n) is 4.16. The lowest BCUT2D eigenvalue weighted by Crippen LogP contribution is -2.08. The Morgan fingerprint density at radius 3 is 2.53 bits per heavy atom. The first-order chi connectivity index (χ1) is 6.95. The van der Waals surface area contributed by atoms with Crippen LogP contribution >= 0.6 is 24.2 Å². The van der Waals surface area contributed by atoms with Crippen molar-refractivity contribution in [3.05, 3.63) is 28.8 Å². The van der Waals surface area contributed by atoms with Gasteiger partial charge in [0.2, 0.25) is 0 Å². The number of hydrogen-bond acceptors (Lipinski definition) is 2. The summed E-state index contributed by atoms with van der Waals surface area (Å²) in [5.41, 5.74) is -0.436. The molecule has 15 heavy (non-hydrogen) atoms. The van der Waals surface area contributed by atoms with Gasteiger partial charge in [0, 0.05) is 18.0 Å². The van der Waals surface area contributed by atoms with Crippen LogP contribution in [0.25, 0.3) is 0 Å².